The minimum atomic E-state index is -0.522. The van der Waals surface area contributed by atoms with Gasteiger partial charge in [0.2, 0.25) is 5.89 Å². The van der Waals surface area contributed by atoms with Crippen molar-refractivity contribution in [3.8, 4) is 11.5 Å². The fourth-order valence-corrected chi connectivity index (χ4v) is 3.30. The van der Waals surface area contributed by atoms with E-state index in [2.05, 4.69) is 14.9 Å². The van der Waals surface area contributed by atoms with Gasteiger partial charge in [-0.2, -0.15) is 4.68 Å². The summed E-state index contributed by atoms with van der Waals surface area (Å²) in [5.74, 6) is -0.678. The zero-order valence-corrected chi connectivity index (χ0v) is 15.3. The first kappa shape index (κ1) is 17.8. The molecule has 140 valence electrons. The van der Waals surface area contributed by atoms with Crippen LogP contribution in [0.2, 0.25) is 5.02 Å². The molecule has 0 amide bonds. The fourth-order valence-electron chi connectivity index (χ4n) is 3.11. The lowest BCUT2D eigenvalue weighted by molar-refractivity contribution is 0.189. The molecule has 0 bridgehead atoms. The molecular weight excluding hydrogens is 371 g/mol. The van der Waals surface area contributed by atoms with Crippen molar-refractivity contribution in [2.24, 2.45) is 0 Å². The van der Waals surface area contributed by atoms with Crippen LogP contribution in [0.25, 0.3) is 11.5 Å². The highest BCUT2D eigenvalue weighted by Gasteiger charge is 2.19. The van der Waals surface area contributed by atoms with Crippen LogP contribution in [-0.2, 0) is 6.67 Å². The van der Waals surface area contributed by atoms with Crippen molar-refractivity contribution in [3.05, 3.63) is 69.9 Å². The zero-order chi connectivity index (χ0) is 18.8. The van der Waals surface area contributed by atoms with Gasteiger partial charge in [0.15, 0.2) is 0 Å². The molecule has 1 fully saturated rings. The molecule has 27 heavy (non-hydrogen) atoms. The monoisotopic (exact) mass is 388 g/mol. The molecule has 8 heteroatoms. The Morgan fingerprint density at radius 2 is 1.81 bits per heavy atom. The summed E-state index contributed by atoms with van der Waals surface area (Å²) in [5, 5.41) is 4.95. The predicted octanol–water partition coefficient (Wildman–Crippen LogP) is 3.08. The first-order valence-corrected chi connectivity index (χ1v) is 9.03. The largest absolute Gasteiger partial charge is 0.438 e. The van der Waals surface area contributed by atoms with Gasteiger partial charge >= 0.3 is 5.76 Å². The molecule has 6 nitrogen and oxygen atoms in total. The van der Waals surface area contributed by atoms with Crippen molar-refractivity contribution in [1.29, 1.82) is 0 Å². The van der Waals surface area contributed by atoms with Crippen molar-refractivity contribution in [1.82, 2.24) is 14.7 Å². The number of halogens is 2. The lowest BCUT2D eigenvalue weighted by Gasteiger charge is -2.35. The van der Waals surface area contributed by atoms with Crippen molar-refractivity contribution in [2.45, 2.75) is 6.67 Å². The Kier molecular flexibility index (Phi) is 4.96. The summed E-state index contributed by atoms with van der Waals surface area (Å²) in [7, 11) is 0. The van der Waals surface area contributed by atoms with Crippen LogP contribution < -0.4 is 10.7 Å². The van der Waals surface area contributed by atoms with Gasteiger partial charge in [0.05, 0.1) is 0 Å². The number of hydrogen-bond donors (Lipinski definition) is 0. The van der Waals surface area contributed by atoms with Crippen molar-refractivity contribution >= 4 is 17.3 Å². The first-order valence-electron chi connectivity index (χ1n) is 8.65. The third kappa shape index (κ3) is 4.04. The van der Waals surface area contributed by atoms with Crippen LogP contribution in [-0.4, -0.2) is 40.9 Å². The summed E-state index contributed by atoms with van der Waals surface area (Å²) < 4.78 is 19.5. The van der Waals surface area contributed by atoms with E-state index in [1.54, 1.807) is 0 Å². The highest BCUT2D eigenvalue weighted by atomic mass is 35.5. The van der Waals surface area contributed by atoms with Crippen LogP contribution >= 0.6 is 11.6 Å². The van der Waals surface area contributed by atoms with E-state index in [-0.39, 0.29) is 11.7 Å². The predicted molar refractivity (Wildman–Crippen MR) is 101 cm³/mol. The summed E-state index contributed by atoms with van der Waals surface area (Å²) >= 11 is 6.06. The molecule has 0 atom stereocenters. The van der Waals surface area contributed by atoms with Crippen LogP contribution in [0, 0.1) is 5.82 Å². The van der Waals surface area contributed by atoms with Gasteiger partial charge in [-0.1, -0.05) is 17.7 Å². The summed E-state index contributed by atoms with van der Waals surface area (Å²) in [4.78, 5) is 16.5. The van der Waals surface area contributed by atoms with Gasteiger partial charge < -0.3 is 9.32 Å². The molecule has 1 aliphatic rings. The maximum atomic E-state index is 13.0. The average Bonchev–Trinajstić information content (AvgIpc) is 3.03. The highest BCUT2D eigenvalue weighted by Crippen LogP contribution is 2.21. The van der Waals surface area contributed by atoms with Gasteiger partial charge in [-0.3, -0.25) is 4.90 Å². The van der Waals surface area contributed by atoms with E-state index in [1.807, 2.05) is 24.3 Å². The Morgan fingerprint density at radius 1 is 1.07 bits per heavy atom. The molecule has 1 saturated heterocycles. The summed E-state index contributed by atoms with van der Waals surface area (Å²) in [6.45, 7) is 3.60. The van der Waals surface area contributed by atoms with E-state index in [9.17, 15) is 9.18 Å². The van der Waals surface area contributed by atoms with Crippen LogP contribution in [0.1, 0.15) is 0 Å². The van der Waals surface area contributed by atoms with Crippen LogP contribution in [0.3, 0.4) is 0 Å². The van der Waals surface area contributed by atoms with Crippen LogP contribution in [0.15, 0.2) is 57.7 Å². The fraction of sp³-hybridized carbons (Fsp3) is 0.263. The molecule has 0 spiro atoms. The van der Waals surface area contributed by atoms with Gasteiger partial charge in [-0.25, -0.2) is 9.18 Å². The van der Waals surface area contributed by atoms with E-state index in [0.717, 1.165) is 36.9 Å². The number of hydrogen-bond acceptors (Lipinski definition) is 5. The molecule has 3 aromatic rings. The SMILES string of the molecule is O=c1oc(-c2ccc(F)cc2)nn1CN1CCN(c2cccc(Cl)c2)CC1. The van der Waals surface area contributed by atoms with Gasteiger partial charge in [-0.05, 0) is 42.5 Å². The van der Waals surface area contributed by atoms with Gasteiger partial charge in [0.25, 0.3) is 0 Å². The minimum Gasteiger partial charge on any atom is -0.388 e. The lowest BCUT2D eigenvalue weighted by Crippen LogP contribution is -2.47. The minimum absolute atomic E-state index is 0.192. The maximum Gasteiger partial charge on any atom is 0.438 e. The lowest BCUT2D eigenvalue weighted by atomic mass is 10.2. The Labute approximate surface area is 160 Å². The highest BCUT2D eigenvalue weighted by molar-refractivity contribution is 6.30. The molecule has 2 heterocycles. The van der Waals surface area contributed by atoms with E-state index < -0.39 is 5.76 Å². The second kappa shape index (κ2) is 7.54. The molecule has 0 unspecified atom stereocenters. The molecule has 0 radical (unpaired) electrons. The second-order valence-corrected chi connectivity index (χ2v) is 6.84. The smallest absolute Gasteiger partial charge is 0.388 e. The average molecular weight is 389 g/mol. The number of anilines is 1. The van der Waals surface area contributed by atoms with Crippen molar-refractivity contribution in [3.63, 3.8) is 0 Å². The molecule has 1 aliphatic heterocycles. The summed E-state index contributed by atoms with van der Waals surface area (Å²) in [5.41, 5.74) is 1.66. The number of rotatable bonds is 4. The number of benzene rings is 2. The zero-order valence-electron chi connectivity index (χ0n) is 14.5. The quantitative estimate of drug-likeness (QED) is 0.687. The molecule has 0 saturated carbocycles. The molecule has 2 aromatic carbocycles. The van der Waals surface area contributed by atoms with Crippen LogP contribution in [0.5, 0.6) is 0 Å². The maximum absolute atomic E-state index is 13.0. The number of piperazine rings is 1. The first-order chi connectivity index (χ1) is 13.1. The summed E-state index contributed by atoms with van der Waals surface area (Å²) in [6, 6.07) is 13.5. The standard InChI is InChI=1S/C19H18ClFN4O2/c20-15-2-1-3-17(12-15)24-10-8-23(9-11-24)13-25-19(26)27-18(22-25)14-4-6-16(21)7-5-14/h1-7,12H,8-11,13H2. The van der Waals surface area contributed by atoms with Gasteiger partial charge in [0.1, 0.15) is 12.5 Å². The van der Waals surface area contributed by atoms with E-state index in [0.29, 0.717) is 12.2 Å². The number of nitrogens with zero attached hydrogens (tertiary/aromatic N) is 4. The third-order valence-electron chi connectivity index (χ3n) is 4.58. The molecular formula is C19H18ClFN4O2. The molecule has 4 rings (SSSR count). The molecule has 1 aromatic heterocycles. The van der Waals surface area contributed by atoms with Crippen LogP contribution in [0.4, 0.5) is 10.1 Å². The molecule has 0 aliphatic carbocycles. The summed E-state index contributed by atoms with van der Waals surface area (Å²) in [6.07, 6.45) is 0. The Hall–Kier alpha value is -2.64. The van der Waals surface area contributed by atoms with E-state index in [1.165, 1.54) is 28.9 Å². The second-order valence-electron chi connectivity index (χ2n) is 6.41. The van der Waals surface area contributed by atoms with Gasteiger partial charge in [-0.15, -0.1) is 5.10 Å². The van der Waals surface area contributed by atoms with Gasteiger partial charge in [0, 0.05) is 42.5 Å². The van der Waals surface area contributed by atoms with E-state index >= 15 is 0 Å². The Morgan fingerprint density at radius 3 is 2.52 bits per heavy atom. The third-order valence-corrected chi connectivity index (χ3v) is 4.81. The Balaban J connectivity index is 1.41. The normalized spacial score (nSPS) is 15.3. The Bertz CT molecular complexity index is 978. The molecule has 0 N–H and O–H groups in total. The van der Waals surface area contributed by atoms with E-state index in [4.69, 9.17) is 16.0 Å². The van der Waals surface area contributed by atoms with Crippen molar-refractivity contribution in [2.75, 3.05) is 31.1 Å². The number of aromatic nitrogens is 2. The topological polar surface area (TPSA) is 54.5 Å². The van der Waals surface area contributed by atoms with Crippen molar-refractivity contribution < 1.29 is 8.81 Å².